The molecule has 1 spiro atoms. The first-order valence-corrected chi connectivity index (χ1v) is 11.7. The van der Waals surface area contributed by atoms with E-state index in [0.717, 1.165) is 54.6 Å². The Kier molecular flexibility index (Phi) is 4.05. The normalized spacial score (nSPS) is 20.7. The minimum absolute atomic E-state index is 0.0499. The average molecular weight is 459 g/mol. The number of aromatic nitrogens is 5. The Hall–Kier alpha value is -3.16. The molecule has 0 N–H and O–H groups in total. The van der Waals surface area contributed by atoms with Crippen molar-refractivity contribution in [2.75, 3.05) is 31.2 Å². The Morgan fingerprint density at radius 2 is 2.03 bits per heavy atom. The van der Waals surface area contributed by atoms with Crippen LogP contribution in [-0.2, 0) is 11.3 Å². The molecule has 8 heteroatoms. The van der Waals surface area contributed by atoms with E-state index in [4.69, 9.17) is 26.4 Å². The van der Waals surface area contributed by atoms with E-state index in [1.807, 2.05) is 23.0 Å². The molecular formula is C25H23ClN6O. The number of hydrogen-bond acceptors (Lipinski definition) is 5. The average Bonchev–Trinajstić information content (AvgIpc) is 3.36. The molecule has 0 radical (unpaired) electrons. The van der Waals surface area contributed by atoms with Crippen molar-refractivity contribution in [2.24, 2.45) is 5.41 Å². The Bertz CT molecular complexity index is 1420. The third-order valence-corrected chi connectivity index (χ3v) is 7.28. The molecule has 3 aromatic heterocycles. The summed E-state index contributed by atoms with van der Waals surface area (Å²) in [6.45, 7) is 6.67. The predicted octanol–water partition coefficient (Wildman–Crippen LogP) is 4.04. The molecule has 0 saturated carbocycles. The van der Waals surface area contributed by atoms with Crippen LogP contribution in [0.1, 0.15) is 11.4 Å². The molecule has 33 heavy (non-hydrogen) atoms. The van der Waals surface area contributed by atoms with Crippen molar-refractivity contribution < 1.29 is 4.74 Å². The van der Waals surface area contributed by atoms with Crippen molar-refractivity contribution in [3.05, 3.63) is 60.2 Å². The highest BCUT2D eigenvalue weighted by Gasteiger charge is 2.49. The SMILES string of the molecule is Cc1ccc(-c2nc3n(n2)CC(Cl)C=C3)cc1-c1cnc2ccc(N3CC4(COC4)C3)cn12. The zero-order valence-corrected chi connectivity index (χ0v) is 19.0. The van der Waals surface area contributed by atoms with E-state index in [2.05, 4.69) is 57.7 Å². The Labute approximate surface area is 196 Å². The number of ether oxygens (including phenoxy) is 1. The van der Waals surface area contributed by atoms with Gasteiger partial charge in [-0.15, -0.1) is 11.6 Å². The number of allylic oxidation sites excluding steroid dienone is 1. The van der Waals surface area contributed by atoms with Gasteiger partial charge >= 0.3 is 0 Å². The number of nitrogens with zero attached hydrogens (tertiary/aromatic N) is 6. The number of halogens is 1. The third-order valence-electron chi connectivity index (χ3n) is 7.00. The first kappa shape index (κ1) is 19.3. The first-order chi connectivity index (χ1) is 16.1. The van der Waals surface area contributed by atoms with Crippen LogP contribution in [-0.4, -0.2) is 55.8 Å². The molecule has 4 aromatic rings. The summed E-state index contributed by atoms with van der Waals surface area (Å²) in [7, 11) is 0. The quantitative estimate of drug-likeness (QED) is 0.434. The van der Waals surface area contributed by atoms with Gasteiger partial charge in [0.25, 0.3) is 0 Å². The van der Waals surface area contributed by atoms with Crippen molar-refractivity contribution >= 4 is 29.0 Å². The molecule has 1 aromatic carbocycles. The summed E-state index contributed by atoms with van der Waals surface area (Å²) >= 11 is 6.25. The lowest BCUT2D eigenvalue weighted by atomic mass is 9.78. The van der Waals surface area contributed by atoms with Crippen molar-refractivity contribution in [1.82, 2.24) is 24.1 Å². The van der Waals surface area contributed by atoms with Gasteiger partial charge in [-0.05, 0) is 36.8 Å². The summed E-state index contributed by atoms with van der Waals surface area (Å²) in [6, 6.07) is 10.6. The second-order valence-corrected chi connectivity index (χ2v) is 10.0. The van der Waals surface area contributed by atoms with Crippen molar-refractivity contribution in [3.8, 4) is 22.6 Å². The molecule has 2 saturated heterocycles. The molecule has 6 heterocycles. The first-order valence-electron chi connectivity index (χ1n) is 11.3. The van der Waals surface area contributed by atoms with Gasteiger partial charge in [0.05, 0.1) is 48.1 Å². The zero-order valence-electron chi connectivity index (χ0n) is 18.3. The lowest BCUT2D eigenvalue weighted by Crippen LogP contribution is -2.66. The number of pyridine rings is 1. The highest BCUT2D eigenvalue weighted by molar-refractivity contribution is 6.22. The van der Waals surface area contributed by atoms with Crippen LogP contribution < -0.4 is 4.90 Å². The van der Waals surface area contributed by atoms with Crippen LogP contribution in [0.15, 0.2) is 48.8 Å². The maximum atomic E-state index is 6.25. The van der Waals surface area contributed by atoms with Crippen LogP contribution >= 0.6 is 11.6 Å². The molecule has 7 rings (SSSR count). The number of benzene rings is 1. The second kappa shape index (κ2) is 6.92. The summed E-state index contributed by atoms with van der Waals surface area (Å²) in [5, 5.41) is 4.65. The molecule has 2 fully saturated rings. The molecule has 0 bridgehead atoms. The fraction of sp³-hybridized carbons (Fsp3) is 0.320. The van der Waals surface area contributed by atoms with Gasteiger partial charge in [0.2, 0.25) is 0 Å². The van der Waals surface area contributed by atoms with Crippen molar-refractivity contribution in [3.63, 3.8) is 0 Å². The van der Waals surface area contributed by atoms with Crippen LogP contribution in [0, 0.1) is 12.3 Å². The van der Waals surface area contributed by atoms with Crippen LogP contribution in [0.5, 0.6) is 0 Å². The number of rotatable bonds is 3. The monoisotopic (exact) mass is 458 g/mol. The zero-order chi connectivity index (χ0) is 22.2. The van der Waals surface area contributed by atoms with Crippen LogP contribution in [0.25, 0.3) is 34.4 Å². The Morgan fingerprint density at radius 1 is 1.15 bits per heavy atom. The number of imidazole rings is 1. The van der Waals surface area contributed by atoms with Gasteiger partial charge in [-0.25, -0.2) is 14.6 Å². The van der Waals surface area contributed by atoms with Crippen molar-refractivity contribution in [1.29, 1.82) is 0 Å². The molecule has 1 atom stereocenters. The van der Waals surface area contributed by atoms with Gasteiger partial charge in [0.1, 0.15) is 5.65 Å². The third kappa shape index (κ3) is 3.03. The van der Waals surface area contributed by atoms with E-state index in [-0.39, 0.29) is 5.38 Å². The van der Waals surface area contributed by atoms with Gasteiger partial charge in [0.15, 0.2) is 11.6 Å². The summed E-state index contributed by atoms with van der Waals surface area (Å²) < 4.78 is 9.49. The summed E-state index contributed by atoms with van der Waals surface area (Å²) in [5.74, 6) is 1.55. The maximum absolute atomic E-state index is 6.25. The van der Waals surface area contributed by atoms with Gasteiger partial charge in [-0.3, -0.25) is 4.40 Å². The maximum Gasteiger partial charge on any atom is 0.181 e. The summed E-state index contributed by atoms with van der Waals surface area (Å²) in [5.41, 5.74) is 6.91. The van der Waals surface area contributed by atoms with E-state index in [0.29, 0.717) is 17.8 Å². The predicted molar refractivity (Wildman–Crippen MR) is 129 cm³/mol. The number of fused-ring (bicyclic) bond motifs is 2. The molecule has 3 aliphatic rings. The largest absolute Gasteiger partial charge is 0.380 e. The van der Waals surface area contributed by atoms with E-state index in [9.17, 15) is 0 Å². The topological polar surface area (TPSA) is 60.5 Å². The molecule has 0 aliphatic carbocycles. The minimum atomic E-state index is -0.0499. The number of aryl methyl sites for hydroxylation is 1. The smallest absolute Gasteiger partial charge is 0.181 e. The number of anilines is 1. The lowest BCUT2D eigenvalue weighted by molar-refractivity contribution is -0.127. The Balaban J connectivity index is 1.26. The molecule has 166 valence electrons. The van der Waals surface area contributed by atoms with Gasteiger partial charge in [-0.1, -0.05) is 18.2 Å². The summed E-state index contributed by atoms with van der Waals surface area (Å²) in [4.78, 5) is 11.8. The van der Waals surface area contributed by atoms with Crippen LogP contribution in [0.2, 0.25) is 0 Å². The van der Waals surface area contributed by atoms with Crippen LogP contribution in [0.4, 0.5) is 5.69 Å². The van der Waals surface area contributed by atoms with E-state index in [1.165, 1.54) is 11.3 Å². The van der Waals surface area contributed by atoms with Crippen LogP contribution in [0.3, 0.4) is 0 Å². The van der Waals surface area contributed by atoms with Gasteiger partial charge in [-0.2, -0.15) is 5.10 Å². The summed E-state index contributed by atoms with van der Waals surface area (Å²) in [6.07, 6.45) is 8.06. The van der Waals surface area contributed by atoms with E-state index >= 15 is 0 Å². The van der Waals surface area contributed by atoms with Gasteiger partial charge < -0.3 is 9.64 Å². The minimum Gasteiger partial charge on any atom is -0.380 e. The molecular weight excluding hydrogens is 436 g/mol. The fourth-order valence-corrected chi connectivity index (χ4v) is 5.27. The van der Waals surface area contributed by atoms with E-state index in [1.54, 1.807) is 0 Å². The number of alkyl halides is 1. The molecule has 7 nitrogen and oxygen atoms in total. The Morgan fingerprint density at radius 3 is 2.85 bits per heavy atom. The lowest BCUT2D eigenvalue weighted by Gasteiger charge is -2.55. The highest BCUT2D eigenvalue weighted by atomic mass is 35.5. The standard InChI is InChI=1S/C25H23ClN6O/c1-16-2-3-17(24-28-23-6-4-18(26)10-32(23)29-24)8-20(16)21-9-27-22-7-5-19(11-31(21)22)30-12-25(13-30)14-33-15-25/h2-9,11,18H,10,12-15H2,1H3. The second-order valence-electron chi connectivity index (χ2n) is 9.49. The number of hydrogen-bond donors (Lipinski definition) is 0. The van der Waals surface area contributed by atoms with Gasteiger partial charge in [0, 0.05) is 30.4 Å². The van der Waals surface area contributed by atoms with Crippen molar-refractivity contribution in [2.45, 2.75) is 18.8 Å². The molecule has 0 amide bonds. The molecule has 1 unspecified atom stereocenters. The highest BCUT2D eigenvalue weighted by Crippen LogP contribution is 2.40. The molecule has 3 aliphatic heterocycles. The fourth-order valence-electron chi connectivity index (χ4n) is 5.06. The van der Waals surface area contributed by atoms with E-state index < -0.39 is 0 Å².